The van der Waals surface area contributed by atoms with Gasteiger partial charge in [-0.1, -0.05) is 49.4 Å². The Labute approximate surface area is 188 Å². The molecule has 0 spiro atoms. The fraction of sp³-hybridized carbons (Fsp3) is 0.360. The maximum absolute atomic E-state index is 13.0. The Balaban J connectivity index is 1.58. The molecule has 1 fully saturated rings. The summed E-state index contributed by atoms with van der Waals surface area (Å²) in [4.78, 5) is 27.1. The van der Waals surface area contributed by atoms with E-state index in [1.807, 2.05) is 54.6 Å². The summed E-state index contributed by atoms with van der Waals surface area (Å²) in [6.45, 7) is 7.06. The van der Waals surface area contributed by atoms with Crippen molar-refractivity contribution < 1.29 is 4.79 Å². The number of amides is 1. The molecule has 1 saturated heterocycles. The number of nitrogens with one attached hydrogen (secondary N) is 1. The van der Waals surface area contributed by atoms with Gasteiger partial charge in [0.1, 0.15) is 5.69 Å². The quantitative estimate of drug-likeness (QED) is 0.623. The van der Waals surface area contributed by atoms with Gasteiger partial charge in [0.05, 0.1) is 17.1 Å². The Bertz CT molecular complexity index is 1100. The van der Waals surface area contributed by atoms with Crippen molar-refractivity contribution in [3.05, 3.63) is 65.9 Å². The fourth-order valence-electron chi connectivity index (χ4n) is 4.03. The summed E-state index contributed by atoms with van der Waals surface area (Å²) < 4.78 is 0. The number of hydrogen-bond donors (Lipinski definition) is 1. The molecule has 164 valence electrons. The fourth-order valence-corrected chi connectivity index (χ4v) is 4.03. The van der Waals surface area contributed by atoms with Gasteiger partial charge in [-0.25, -0.2) is 9.97 Å². The van der Waals surface area contributed by atoms with Gasteiger partial charge < -0.3 is 15.1 Å². The normalized spacial score (nSPS) is 15.3. The number of hydrogen-bond acceptors (Lipinski definition) is 6. The summed E-state index contributed by atoms with van der Waals surface area (Å²) in [5, 5.41) is 12.9. The third-order valence-electron chi connectivity index (χ3n) is 5.92. The first-order chi connectivity index (χ1) is 15.7. The van der Waals surface area contributed by atoms with Gasteiger partial charge >= 0.3 is 0 Å². The summed E-state index contributed by atoms with van der Waals surface area (Å²) in [5.41, 5.74) is 3.04. The van der Waals surface area contributed by atoms with Crippen LogP contribution in [0.5, 0.6) is 0 Å². The molecule has 1 aliphatic heterocycles. The van der Waals surface area contributed by atoms with E-state index in [1.54, 1.807) is 0 Å². The van der Waals surface area contributed by atoms with Gasteiger partial charge in [0.15, 0.2) is 11.7 Å². The summed E-state index contributed by atoms with van der Waals surface area (Å²) in [5.74, 6) is -0.701. The second-order valence-electron chi connectivity index (χ2n) is 7.93. The molecule has 1 aliphatic rings. The number of nitriles is 1. The number of benzene rings is 2. The Hall–Kier alpha value is -3.50. The maximum atomic E-state index is 13.0. The summed E-state index contributed by atoms with van der Waals surface area (Å²) in [7, 11) is 0. The molecule has 0 aliphatic carbocycles. The first kappa shape index (κ1) is 21.7. The highest BCUT2D eigenvalue weighted by atomic mass is 16.1. The number of para-hydroxylation sites is 2. The lowest BCUT2D eigenvalue weighted by Gasteiger charge is -2.35. The smallest absolute Gasteiger partial charge is 0.243 e. The molecule has 3 aromatic rings. The summed E-state index contributed by atoms with van der Waals surface area (Å²) in [6.07, 6.45) is 0.708. The average Bonchev–Trinajstić information content (AvgIpc) is 2.85. The zero-order chi connectivity index (χ0) is 22.3. The zero-order valence-electron chi connectivity index (χ0n) is 18.4. The largest absolute Gasteiger partial charge is 0.354 e. The number of aromatic nitrogens is 2. The van der Waals surface area contributed by atoms with Crippen LogP contribution < -0.4 is 10.2 Å². The van der Waals surface area contributed by atoms with E-state index in [-0.39, 0.29) is 5.91 Å². The number of piperazine rings is 1. The summed E-state index contributed by atoms with van der Waals surface area (Å²) in [6, 6.07) is 19.7. The van der Waals surface area contributed by atoms with Crippen molar-refractivity contribution in [1.29, 1.82) is 5.26 Å². The van der Waals surface area contributed by atoms with Gasteiger partial charge in [0.25, 0.3) is 0 Å². The average molecular weight is 429 g/mol. The van der Waals surface area contributed by atoms with Crippen LogP contribution in [0.4, 0.5) is 5.82 Å². The van der Waals surface area contributed by atoms with Crippen LogP contribution in [-0.2, 0) is 11.2 Å². The molecular formula is C25H28N6O. The van der Waals surface area contributed by atoms with Crippen LogP contribution in [0.2, 0.25) is 0 Å². The first-order valence-corrected chi connectivity index (χ1v) is 11.1. The van der Waals surface area contributed by atoms with E-state index in [1.165, 1.54) is 0 Å². The third kappa shape index (κ3) is 4.87. The topological polar surface area (TPSA) is 85.2 Å². The highest BCUT2D eigenvalue weighted by Crippen LogP contribution is 2.28. The lowest BCUT2D eigenvalue weighted by molar-refractivity contribution is -0.121. The molecular weight excluding hydrogens is 400 g/mol. The Morgan fingerprint density at radius 1 is 1.03 bits per heavy atom. The molecule has 7 nitrogen and oxygen atoms in total. The van der Waals surface area contributed by atoms with E-state index in [0.717, 1.165) is 43.8 Å². The molecule has 7 heteroatoms. The van der Waals surface area contributed by atoms with Gasteiger partial charge in [0, 0.05) is 32.7 Å². The standard InChI is InChI=1S/C25H28N6O/c1-2-30-14-16-31(17-15-30)24-23(28-21-10-6-7-11-22(21)29-24)20(18-26)25(32)27-13-12-19-8-4-3-5-9-19/h3-11,20H,2,12-17H2,1H3,(H,27,32)/t20-/m1/s1. The molecule has 4 rings (SSSR count). The van der Waals surface area contributed by atoms with E-state index in [0.29, 0.717) is 30.0 Å². The van der Waals surface area contributed by atoms with Crippen LogP contribution in [0, 0.1) is 11.3 Å². The zero-order valence-corrected chi connectivity index (χ0v) is 18.4. The number of fused-ring (bicyclic) bond motifs is 1. The Morgan fingerprint density at radius 3 is 2.34 bits per heavy atom. The first-order valence-electron chi connectivity index (χ1n) is 11.1. The molecule has 0 bridgehead atoms. The van der Waals surface area contributed by atoms with Crippen molar-refractivity contribution in [3.63, 3.8) is 0 Å². The van der Waals surface area contributed by atoms with Crippen LogP contribution in [-0.4, -0.2) is 60.0 Å². The molecule has 1 amide bonds. The van der Waals surface area contributed by atoms with Crippen molar-refractivity contribution in [2.45, 2.75) is 19.3 Å². The molecule has 2 aromatic carbocycles. The van der Waals surface area contributed by atoms with E-state index in [2.05, 4.69) is 28.1 Å². The molecule has 0 unspecified atom stereocenters. The van der Waals surface area contributed by atoms with Gasteiger partial charge in [-0.05, 0) is 30.7 Å². The minimum atomic E-state index is -1.01. The van der Waals surface area contributed by atoms with Gasteiger partial charge in [-0.3, -0.25) is 4.79 Å². The highest BCUT2D eigenvalue weighted by Gasteiger charge is 2.29. The number of likely N-dealkylation sites (N-methyl/N-ethyl adjacent to an activating group) is 1. The van der Waals surface area contributed by atoms with E-state index >= 15 is 0 Å². The lowest BCUT2D eigenvalue weighted by Crippen LogP contribution is -2.47. The van der Waals surface area contributed by atoms with Crippen LogP contribution >= 0.6 is 0 Å². The molecule has 0 radical (unpaired) electrons. The van der Waals surface area contributed by atoms with Crippen LogP contribution in [0.25, 0.3) is 11.0 Å². The number of nitrogens with zero attached hydrogens (tertiary/aromatic N) is 5. The molecule has 2 heterocycles. The van der Waals surface area contributed by atoms with E-state index < -0.39 is 5.92 Å². The summed E-state index contributed by atoms with van der Waals surface area (Å²) >= 11 is 0. The van der Waals surface area contributed by atoms with Crippen molar-refractivity contribution in [2.24, 2.45) is 0 Å². The SMILES string of the molecule is CCN1CCN(c2nc3ccccc3nc2[C@@H](C#N)C(=O)NCCc2ccccc2)CC1. The molecule has 0 saturated carbocycles. The van der Waals surface area contributed by atoms with Crippen molar-refractivity contribution in [2.75, 3.05) is 44.2 Å². The minimum Gasteiger partial charge on any atom is -0.354 e. The van der Waals surface area contributed by atoms with Crippen LogP contribution in [0.15, 0.2) is 54.6 Å². The monoisotopic (exact) mass is 428 g/mol. The number of anilines is 1. The molecule has 1 atom stereocenters. The highest BCUT2D eigenvalue weighted by molar-refractivity contribution is 5.88. The second kappa shape index (κ2) is 10.2. The van der Waals surface area contributed by atoms with Gasteiger partial charge in [-0.15, -0.1) is 0 Å². The molecule has 32 heavy (non-hydrogen) atoms. The number of rotatable bonds is 7. The number of carbonyl (C=O) groups excluding carboxylic acids is 1. The minimum absolute atomic E-state index is 0.332. The van der Waals surface area contributed by atoms with Crippen LogP contribution in [0.3, 0.4) is 0 Å². The Morgan fingerprint density at radius 2 is 1.69 bits per heavy atom. The van der Waals surface area contributed by atoms with E-state index in [4.69, 9.17) is 9.97 Å². The Kier molecular flexibility index (Phi) is 6.93. The maximum Gasteiger partial charge on any atom is 0.243 e. The van der Waals surface area contributed by atoms with Crippen LogP contribution in [0.1, 0.15) is 24.1 Å². The van der Waals surface area contributed by atoms with E-state index in [9.17, 15) is 10.1 Å². The molecule has 1 N–H and O–H groups in total. The van der Waals surface area contributed by atoms with Crippen molar-refractivity contribution in [3.8, 4) is 6.07 Å². The predicted octanol–water partition coefficient (Wildman–Crippen LogP) is 2.74. The lowest BCUT2D eigenvalue weighted by atomic mass is 10.0. The van der Waals surface area contributed by atoms with Crippen molar-refractivity contribution in [1.82, 2.24) is 20.2 Å². The third-order valence-corrected chi connectivity index (χ3v) is 5.92. The molecule has 1 aromatic heterocycles. The van der Waals surface area contributed by atoms with Gasteiger partial charge in [0.2, 0.25) is 5.91 Å². The number of carbonyl (C=O) groups is 1. The second-order valence-corrected chi connectivity index (χ2v) is 7.93. The predicted molar refractivity (Wildman–Crippen MR) is 125 cm³/mol. The van der Waals surface area contributed by atoms with Crippen molar-refractivity contribution >= 4 is 22.8 Å². The van der Waals surface area contributed by atoms with Gasteiger partial charge in [-0.2, -0.15) is 5.26 Å².